The molecule has 0 bridgehead atoms. The zero-order valence-electron chi connectivity index (χ0n) is 21.4. The van der Waals surface area contributed by atoms with Crippen LogP contribution < -0.4 is 5.64 Å². The number of pyridine rings is 1. The molecule has 0 atom stereocenters. The third-order valence-corrected chi connectivity index (χ3v) is 5.96. The van der Waals surface area contributed by atoms with Gasteiger partial charge in [-0.25, -0.2) is 5.26 Å². The highest BCUT2D eigenvalue weighted by Crippen LogP contribution is 2.29. The van der Waals surface area contributed by atoms with Crippen LogP contribution in [0.4, 0.5) is 0 Å². The maximum atomic E-state index is 13.4. The van der Waals surface area contributed by atoms with Gasteiger partial charge in [-0.05, 0) is 73.6 Å². The van der Waals surface area contributed by atoms with Crippen LogP contribution in [0.5, 0.6) is 0 Å². The second-order valence-electron chi connectivity index (χ2n) is 8.37. The van der Waals surface area contributed by atoms with E-state index in [0.29, 0.717) is 38.7 Å². The van der Waals surface area contributed by atoms with E-state index in [1.54, 1.807) is 54.0 Å². The zero-order valence-corrected chi connectivity index (χ0v) is 22.1. The van der Waals surface area contributed by atoms with E-state index in [2.05, 4.69) is 14.8 Å². The predicted molar refractivity (Wildman–Crippen MR) is 141 cm³/mol. The van der Waals surface area contributed by atoms with Gasteiger partial charge in [-0.3, -0.25) is 24.3 Å². The minimum Gasteiger partial charge on any atom is -0.459 e. The minimum atomic E-state index is -0.896. The van der Waals surface area contributed by atoms with Crippen molar-refractivity contribution in [2.45, 2.75) is 33.5 Å². The minimum absolute atomic E-state index is 0.0448. The lowest BCUT2D eigenvalue weighted by Crippen LogP contribution is -2.14. The number of ether oxygens (including phenoxy) is 1. The number of aryl methyl sites for hydroxylation is 1. The van der Waals surface area contributed by atoms with E-state index in [-0.39, 0.29) is 25.5 Å². The summed E-state index contributed by atoms with van der Waals surface area (Å²) in [5, 5.41) is 25.0. The fourth-order valence-corrected chi connectivity index (χ4v) is 4.09. The first-order valence-electron chi connectivity index (χ1n) is 11.6. The molecule has 210 valence electrons. The Morgan fingerprint density at radius 1 is 1.07 bits per heavy atom. The highest BCUT2D eigenvalue weighted by atomic mass is 35.5. The van der Waals surface area contributed by atoms with Gasteiger partial charge in [-0.2, -0.15) is 0 Å². The number of nitrogens with one attached hydrogen (secondary N) is 1. The normalized spacial score (nSPS) is 10.5. The molecule has 2 heterocycles. The van der Waals surface area contributed by atoms with Gasteiger partial charge >= 0.3 is 5.97 Å². The molecule has 4 rings (SSSR count). The van der Waals surface area contributed by atoms with Crippen LogP contribution in [0.2, 0.25) is 5.02 Å². The molecule has 2 aromatic carbocycles. The predicted octanol–water partition coefficient (Wildman–Crippen LogP) is 4.36. The topological polar surface area (TPSA) is 175 Å². The molecule has 13 nitrogen and oxygen atoms in total. The lowest BCUT2D eigenvalue weighted by molar-refractivity contribution is -0.763. The number of esters is 1. The molecular formula is C26H25ClN4O9. The summed E-state index contributed by atoms with van der Waals surface area (Å²) in [6, 6.07) is 17.2. The van der Waals surface area contributed by atoms with Gasteiger partial charge in [0.25, 0.3) is 11.0 Å². The van der Waals surface area contributed by atoms with E-state index in [1.807, 2.05) is 25.1 Å². The van der Waals surface area contributed by atoms with Gasteiger partial charge in [0.2, 0.25) is 0 Å². The first-order chi connectivity index (χ1) is 19.1. The number of carbonyl (C=O) groups excluding carboxylic acids is 2. The first kappa shape index (κ1) is 30.1. The number of benzene rings is 2. The van der Waals surface area contributed by atoms with Gasteiger partial charge in [0.1, 0.15) is 13.2 Å². The van der Waals surface area contributed by atoms with Crippen LogP contribution in [0.1, 0.15) is 38.6 Å². The lowest BCUT2D eigenvalue weighted by Gasteiger charge is -2.08. The van der Waals surface area contributed by atoms with E-state index in [9.17, 15) is 19.7 Å². The molecule has 14 heteroatoms. The van der Waals surface area contributed by atoms with Crippen molar-refractivity contribution in [1.82, 2.24) is 15.2 Å². The average Bonchev–Trinajstić information content (AvgIpc) is 3.21. The molecule has 0 unspecified atom stereocenters. The van der Waals surface area contributed by atoms with Crippen molar-refractivity contribution in [3.05, 3.63) is 110 Å². The molecule has 2 aromatic heterocycles. The smallest absolute Gasteiger partial charge is 0.310 e. The van der Waals surface area contributed by atoms with Gasteiger partial charge in [0.15, 0.2) is 0 Å². The highest BCUT2D eigenvalue weighted by molar-refractivity contribution is 6.30. The number of rotatable bonds is 9. The first-order valence-corrected chi connectivity index (χ1v) is 12.0. The summed E-state index contributed by atoms with van der Waals surface area (Å²) in [4.78, 5) is 47.9. The summed E-state index contributed by atoms with van der Waals surface area (Å²) >= 11 is 5.97. The molecule has 0 aliphatic carbocycles. The van der Waals surface area contributed by atoms with E-state index >= 15 is 0 Å². The van der Waals surface area contributed by atoms with Crippen molar-refractivity contribution < 1.29 is 39.7 Å². The molecule has 0 fully saturated rings. The summed E-state index contributed by atoms with van der Waals surface area (Å²) in [5.74, 6) is -0.720. The number of nitrogens with zero attached hydrogens (tertiary/aromatic N) is 3. The number of hydrogen-bond donors (Lipinski definition) is 3. The summed E-state index contributed by atoms with van der Waals surface area (Å²) in [6.07, 6.45) is -0.0448. The van der Waals surface area contributed by atoms with Gasteiger partial charge < -0.3 is 9.57 Å². The standard InChI is InChI=1S/C26H22ClN3O6.H3NO3/c1-16-6-11-24-23(12-16)22(17(2)29(24)26(32)18-7-9-19(27)10-8-18)13-25(31)35-14-20-4-3-5-21(28-20)15-36-30(33)34;2-1-4-3/h3-12H,13-15H2,1-2H3;1-3H. The Morgan fingerprint density at radius 3 is 2.35 bits per heavy atom. The summed E-state index contributed by atoms with van der Waals surface area (Å²) < 4.78 is 7.03. The molecule has 0 amide bonds. The molecule has 0 saturated heterocycles. The van der Waals surface area contributed by atoms with E-state index in [0.717, 1.165) is 16.6 Å². The molecular weight excluding hydrogens is 548 g/mol. The van der Waals surface area contributed by atoms with E-state index in [4.69, 9.17) is 26.8 Å². The summed E-state index contributed by atoms with van der Waals surface area (Å²) in [5.41, 5.74) is 5.26. The maximum absolute atomic E-state index is 13.4. The summed E-state index contributed by atoms with van der Waals surface area (Å²) in [7, 11) is 0. The average molecular weight is 573 g/mol. The van der Waals surface area contributed by atoms with Crippen molar-refractivity contribution >= 4 is 34.4 Å². The van der Waals surface area contributed by atoms with Crippen LogP contribution in [0.3, 0.4) is 0 Å². The monoisotopic (exact) mass is 572 g/mol. The quantitative estimate of drug-likeness (QED) is 0.112. The van der Waals surface area contributed by atoms with E-state index < -0.39 is 11.1 Å². The van der Waals surface area contributed by atoms with Crippen molar-refractivity contribution in [2.75, 3.05) is 0 Å². The Balaban J connectivity index is 0.00000103. The molecule has 0 spiro atoms. The van der Waals surface area contributed by atoms with Crippen LogP contribution in [-0.2, 0) is 39.0 Å². The maximum Gasteiger partial charge on any atom is 0.310 e. The van der Waals surface area contributed by atoms with Crippen LogP contribution in [0.25, 0.3) is 10.9 Å². The van der Waals surface area contributed by atoms with Gasteiger partial charge in [0, 0.05) is 21.7 Å². The van der Waals surface area contributed by atoms with Crippen LogP contribution in [0, 0.1) is 24.0 Å². The number of halogens is 1. The van der Waals surface area contributed by atoms with Gasteiger partial charge in [0.05, 0.1) is 23.3 Å². The van der Waals surface area contributed by atoms with Gasteiger partial charge in [-0.15, -0.1) is 15.1 Å². The highest BCUT2D eigenvalue weighted by Gasteiger charge is 2.22. The third kappa shape index (κ3) is 7.81. The fourth-order valence-electron chi connectivity index (χ4n) is 3.96. The third-order valence-electron chi connectivity index (χ3n) is 5.71. The Kier molecular flexibility index (Phi) is 10.6. The second kappa shape index (κ2) is 14.1. The van der Waals surface area contributed by atoms with Crippen molar-refractivity contribution in [3.8, 4) is 0 Å². The zero-order chi connectivity index (χ0) is 29.2. The number of fused-ring (bicyclic) bond motifs is 1. The summed E-state index contributed by atoms with van der Waals surface area (Å²) in [6.45, 7) is 3.34. The number of hydrogen-bond acceptors (Lipinski definition) is 11. The molecule has 40 heavy (non-hydrogen) atoms. The Bertz CT molecular complexity index is 1500. The van der Waals surface area contributed by atoms with Crippen molar-refractivity contribution in [2.24, 2.45) is 0 Å². The van der Waals surface area contributed by atoms with Crippen LogP contribution in [0.15, 0.2) is 60.7 Å². The van der Waals surface area contributed by atoms with E-state index in [1.165, 1.54) is 0 Å². The second-order valence-corrected chi connectivity index (χ2v) is 8.81. The Morgan fingerprint density at radius 2 is 1.73 bits per heavy atom. The largest absolute Gasteiger partial charge is 0.459 e. The lowest BCUT2D eigenvalue weighted by atomic mass is 10.1. The number of aromatic nitrogens is 2. The SMILES string of the molecule is Cc1ccc2c(c1)c(CC(=O)OCc1cccc(CO[N+](=O)[O-])n1)c(C)n2C(=O)c1ccc(Cl)cc1.ONOO. The van der Waals surface area contributed by atoms with Gasteiger partial charge in [-0.1, -0.05) is 29.3 Å². The molecule has 0 aliphatic heterocycles. The Labute approximate surface area is 232 Å². The number of carbonyl (C=O) groups is 2. The molecule has 0 saturated carbocycles. The fraction of sp³-hybridized carbons (Fsp3) is 0.192. The molecule has 0 radical (unpaired) electrons. The van der Waals surface area contributed by atoms with Crippen LogP contribution in [-0.4, -0.2) is 37.0 Å². The van der Waals surface area contributed by atoms with Crippen molar-refractivity contribution in [3.63, 3.8) is 0 Å². The molecule has 0 aliphatic rings. The Hall–Kier alpha value is -4.40. The van der Waals surface area contributed by atoms with Crippen molar-refractivity contribution in [1.29, 1.82) is 0 Å². The molecule has 4 aromatic rings. The van der Waals surface area contributed by atoms with Crippen LogP contribution >= 0.6 is 11.6 Å². The molecule has 3 N–H and O–H groups in total.